The van der Waals surface area contributed by atoms with Gasteiger partial charge in [-0.3, -0.25) is 4.79 Å². The Morgan fingerprint density at radius 3 is 2.62 bits per heavy atom. The van der Waals surface area contributed by atoms with Crippen molar-refractivity contribution in [3.8, 4) is 6.07 Å². The minimum absolute atomic E-state index is 0.136. The van der Waals surface area contributed by atoms with Crippen LogP contribution in [0, 0.1) is 11.3 Å². The third-order valence-electron chi connectivity index (χ3n) is 2.35. The number of halogens is 1. The van der Waals surface area contributed by atoms with E-state index < -0.39 is 30.4 Å². The van der Waals surface area contributed by atoms with Crippen LogP contribution in [0.1, 0.15) is 12.0 Å². The lowest BCUT2D eigenvalue weighted by atomic mass is 10.2. The molecule has 0 aliphatic heterocycles. The van der Waals surface area contributed by atoms with Crippen LogP contribution in [-0.4, -0.2) is 29.1 Å². The SMILES string of the molecule is N#Cc1ccc(Cl)c(NC(=O)N[C@@H](CC(N)=O)C(=O)O)c1. The lowest BCUT2D eigenvalue weighted by Crippen LogP contribution is -2.45. The van der Waals surface area contributed by atoms with Gasteiger partial charge in [0.05, 0.1) is 28.8 Å². The van der Waals surface area contributed by atoms with Crippen molar-refractivity contribution in [2.75, 3.05) is 5.32 Å². The molecule has 0 fully saturated rings. The average molecular weight is 311 g/mol. The molecule has 0 saturated heterocycles. The number of anilines is 1. The summed E-state index contributed by atoms with van der Waals surface area (Å²) >= 11 is 5.84. The summed E-state index contributed by atoms with van der Waals surface area (Å²) < 4.78 is 0. The zero-order valence-electron chi connectivity index (χ0n) is 10.6. The number of nitrogens with zero attached hydrogens (tertiary/aromatic N) is 1. The summed E-state index contributed by atoms with van der Waals surface area (Å²) in [6.07, 6.45) is -0.547. The van der Waals surface area contributed by atoms with Crippen LogP contribution in [0.15, 0.2) is 18.2 Å². The molecule has 3 amide bonds. The largest absolute Gasteiger partial charge is 0.480 e. The molecule has 0 radical (unpaired) electrons. The van der Waals surface area contributed by atoms with Crippen molar-refractivity contribution in [1.82, 2.24) is 5.32 Å². The van der Waals surface area contributed by atoms with E-state index >= 15 is 0 Å². The Balaban J connectivity index is 2.79. The van der Waals surface area contributed by atoms with Gasteiger partial charge in [-0.2, -0.15) is 5.26 Å². The van der Waals surface area contributed by atoms with E-state index in [2.05, 4.69) is 10.6 Å². The van der Waals surface area contributed by atoms with Crippen LogP contribution in [0.5, 0.6) is 0 Å². The number of carbonyl (C=O) groups is 3. The van der Waals surface area contributed by atoms with Crippen LogP contribution in [0.25, 0.3) is 0 Å². The van der Waals surface area contributed by atoms with E-state index in [0.717, 1.165) is 0 Å². The van der Waals surface area contributed by atoms with E-state index in [1.807, 2.05) is 6.07 Å². The highest BCUT2D eigenvalue weighted by molar-refractivity contribution is 6.33. The summed E-state index contributed by atoms with van der Waals surface area (Å²) in [5.74, 6) is -2.27. The molecule has 0 bridgehead atoms. The summed E-state index contributed by atoms with van der Waals surface area (Å²) in [7, 11) is 0. The topological polar surface area (TPSA) is 145 Å². The van der Waals surface area contributed by atoms with E-state index in [-0.39, 0.29) is 16.3 Å². The number of aliphatic carboxylic acids is 1. The molecular weight excluding hydrogens is 300 g/mol. The van der Waals surface area contributed by atoms with Gasteiger partial charge in [0.1, 0.15) is 6.04 Å². The Hall–Kier alpha value is -2.79. The molecule has 9 heteroatoms. The van der Waals surface area contributed by atoms with Gasteiger partial charge in [0, 0.05) is 0 Å². The van der Waals surface area contributed by atoms with Gasteiger partial charge in [0.15, 0.2) is 0 Å². The monoisotopic (exact) mass is 310 g/mol. The molecule has 1 rings (SSSR count). The van der Waals surface area contributed by atoms with Gasteiger partial charge >= 0.3 is 12.0 Å². The van der Waals surface area contributed by atoms with E-state index in [1.54, 1.807) is 0 Å². The molecule has 0 aliphatic carbocycles. The zero-order valence-corrected chi connectivity index (χ0v) is 11.3. The number of benzene rings is 1. The molecule has 21 heavy (non-hydrogen) atoms. The van der Waals surface area contributed by atoms with Gasteiger partial charge in [-0.1, -0.05) is 11.6 Å². The molecule has 0 aliphatic rings. The summed E-state index contributed by atoms with van der Waals surface area (Å²) in [6, 6.07) is 3.71. The maximum Gasteiger partial charge on any atom is 0.326 e. The minimum Gasteiger partial charge on any atom is -0.480 e. The van der Waals surface area contributed by atoms with Gasteiger partial charge in [0.25, 0.3) is 0 Å². The van der Waals surface area contributed by atoms with E-state index in [0.29, 0.717) is 0 Å². The predicted molar refractivity (Wildman–Crippen MR) is 73.6 cm³/mol. The zero-order chi connectivity index (χ0) is 16.0. The summed E-state index contributed by atoms with van der Waals surface area (Å²) in [6.45, 7) is 0. The Morgan fingerprint density at radius 2 is 2.10 bits per heavy atom. The van der Waals surface area contributed by atoms with Crippen LogP contribution >= 0.6 is 11.6 Å². The first-order valence-electron chi connectivity index (χ1n) is 5.61. The fourth-order valence-electron chi connectivity index (χ4n) is 1.41. The van der Waals surface area contributed by atoms with Crippen molar-refractivity contribution in [2.45, 2.75) is 12.5 Å². The molecule has 5 N–H and O–H groups in total. The summed E-state index contributed by atoms with van der Waals surface area (Å²) in [5, 5.41) is 22.1. The highest BCUT2D eigenvalue weighted by atomic mass is 35.5. The number of primary amides is 1. The van der Waals surface area contributed by atoms with Crippen molar-refractivity contribution in [2.24, 2.45) is 5.73 Å². The van der Waals surface area contributed by atoms with Crippen LogP contribution in [0.3, 0.4) is 0 Å². The molecule has 0 spiro atoms. The molecule has 0 aromatic heterocycles. The number of carboxylic acid groups (broad SMARTS) is 1. The minimum atomic E-state index is -1.46. The van der Waals surface area contributed by atoms with Gasteiger partial charge in [-0.15, -0.1) is 0 Å². The third-order valence-corrected chi connectivity index (χ3v) is 2.68. The van der Waals surface area contributed by atoms with Crippen molar-refractivity contribution >= 4 is 35.2 Å². The maximum absolute atomic E-state index is 11.7. The molecule has 1 aromatic rings. The molecule has 1 atom stereocenters. The normalized spacial score (nSPS) is 11.0. The number of urea groups is 1. The number of rotatable bonds is 5. The second kappa shape index (κ2) is 7.12. The van der Waals surface area contributed by atoms with Gasteiger partial charge in [0.2, 0.25) is 5.91 Å². The Bertz CT molecular complexity index is 626. The van der Waals surface area contributed by atoms with Crippen LogP contribution in [0.2, 0.25) is 5.02 Å². The highest BCUT2D eigenvalue weighted by Gasteiger charge is 2.22. The van der Waals surface area contributed by atoms with Gasteiger partial charge in [-0.05, 0) is 18.2 Å². The first kappa shape index (κ1) is 16.3. The molecule has 1 aromatic carbocycles. The first-order valence-corrected chi connectivity index (χ1v) is 5.99. The summed E-state index contributed by atoms with van der Waals surface area (Å²) in [5.41, 5.74) is 5.29. The van der Waals surface area contributed by atoms with Gasteiger partial charge < -0.3 is 21.5 Å². The molecular formula is C12H11ClN4O4. The van der Waals surface area contributed by atoms with E-state index in [4.69, 9.17) is 27.7 Å². The van der Waals surface area contributed by atoms with Crippen LogP contribution in [0.4, 0.5) is 10.5 Å². The van der Waals surface area contributed by atoms with Crippen molar-refractivity contribution < 1.29 is 19.5 Å². The van der Waals surface area contributed by atoms with E-state index in [9.17, 15) is 14.4 Å². The first-order chi connectivity index (χ1) is 9.83. The number of amides is 3. The molecule has 0 unspecified atom stereocenters. The summed E-state index contributed by atoms with van der Waals surface area (Å²) in [4.78, 5) is 33.3. The van der Waals surface area contributed by atoms with Crippen molar-refractivity contribution in [3.63, 3.8) is 0 Å². The lowest BCUT2D eigenvalue weighted by molar-refractivity contribution is -0.140. The van der Waals surface area contributed by atoms with Crippen LogP contribution in [-0.2, 0) is 9.59 Å². The Kier molecular flexibility index (Phi) is 5.51. The predicted octanol–water partition coefficient (Wildman–Crippen LogP) is 0.662. The highest BCUT2D eigenvalue weighted by Crippen LogP contribution is 2.22. The van der Waals surface area contributed by atoms with Crippen LogP contribution < -0.4 is 16.4 Å². The second-order valence-corrected chi connectivity index (χ2v) is 4.37. The second-order valence-electron chi connectivity index (χ2n) is 3.97. The van der Waals surface area contributed by atoms with Gasteiger partial charge in [-0.25, -0.2) is 9.59 Å². The molecule has 0 heterocycles. The molecule has 0 saturated carbocycles. The standard InChI is InChI=1S/C12H11ClN4O4/c13-7-2-1-6(5-14)3-8(7)16-12(21)17-9(11(19)20)4-10(15)18/h1-3,9H,4H2,(H2,15,18)(H,19,20)(H2,16,17,21)/t9-/m0/s1. The third kappa shape index (κ3) is 5.00. The number of hydrogen-bond acceptors (Lipinski definition) is 4. The number of nitrogens with one attached hydrogen (secondary N) is 2. The quantitative estimate of drug-likeness (QED) is 0.631. The molecule has 110 valence electrons. The molecule has 8 nitrogen and oxygen atoms in total. The number of carbonyl (C=O) groups excluding carboxylic acids is 2. The van der Waals surface area contributed by atoms with Crippen molar-refractivity contribution in [1.29, 1.82) is 5.26 Å². The number of hydrogen-bond donors (Lipinski definition) is 4. The average Bonchev–Trinajstić information content (AvgIpc) is 2.39. The fourth-order valence-corrected chi connectivity index (χ4v) is 1.57. The van der Waals surface area contributed by atoms with E-state index in [1.165, 1.54) is 18.2 Å². The fraction of sp³-hybridized carbons (Fsp3) is 0.167. The Morgan fingerprint density at radius 1 is 1.43 bits per heavy atom. The maximum atomic E-state index is 11.7. The number of carboxylic acids is 1. The van der Waals surface area contributed by atoms with Crippen molar-refractivity contribution in [3.05, 3.63) is 28.8 Å². The number of nitriles is 1. The Labute approximate surface area is 124 Å². The lowest BCUT2D eigenvalue weighted by Gasteiger charge is -2.14. The smallest absolute Gasteiger partial charge is 0.326 e. The number of nitrogens with two attached hydrogens (primary N) is 1.